The molecule has 2 heterocycles. The van der Waals surface area contributed by atoms with Crippen LogP contribution in [-0.2, 0) is 11.3 Å². The van der Waals surface area contributed by atoms with Gasteiger partial charge in [-0.3, -0.25) is 9.80 Å². The van der Waals surface area contributed by atoms with E-state index >= 15 is 0 Å². The summed E-state index contributed by atoms with van der Waals surface area (Å²) >= 11 is 0. The van der Waals surface area contributed by atoms with E-state index in [4.69, 9.17) is 18.9 Å². The van der Waals surface area contributed by atoms with E-state index in [1.807, 2.05) is 12.1 Å². The van der Waals surface area contributed by atoms with Crippen LogP contribution in [0.3, 0.4) is 0 Å². The predicted molar refractivity (Wildman–Crippen MR) is 108 cm³/mol. The Hall–Kier alpha value is -2.28. The van der Waals surface area contributed by atoms with Gasteiger partial charge in [-0.05, 0) is 35.4 Å². The molecule has 2 aromatic carbocycles. The molecule has 0 atom stereocenters. The summed E-state index contributed by atoms with van der Waals surface area (Å²) in [4.78, 5) is 4.97. The van der Waals surface area contributed by atoms with E-state index < -0.39 is 0 Å². The van der Waals surface area contributed by atoms with Gasteiger partial charge >= 0.3 is 0 Å². The zero-order valence-corrected chi connectivity index (χ0v) is 16.6. The molecule has 0 aromatic heterocycles. The van der Waals surface area contributed by atoms with Gasteiger partial charge in [-0.15, -0.1) is 0 Å². The first-order chi connectivity index (χ1) is 13.8. The van der Waals surface area contributed by atoms with Crippen molar-refractivity contribution in [1.29, 1.82) is 0 Å². The smallest absolute Gasteiger partial charge is 0.231 e. The Morgan fingerprint density at radius 1 is 0.893 bits per heavy atom. The first-order valence-electron chi connectivity index (χ1n) is 9.77. The highest BCUT2D eigenvalue weighted by Crippen LogP contribution is 2.39. The molecule has 28 heavy (non-hydrogen) atoms. The van der Waals surface area contributed by atoms with Crippen molar-refractivity contribution in [2.75, 3.05) is 60.3 Å². The number of nitrogens with zero attached hydrogens (tertiary/aromatic N) is 2. The molecule has 2 aliphatic rings. The summed E-state index contributed by atoms with van der Waals surface area (Å²) in [5.74, 6) is 2.45. The van der Waals surface area contributed by atoms with Crippen LogP contribution in [0.4, 0.5) is 0 Å². The van der Waals surface area contributed by atoms with Crippen LogP contribution in [0.15, 0.2) is 36.4 Å². The highest BCUT2D eigenvalue weighted by atomic mass is 16.7. The molecule has 6 nitrogen and oxygen atoms in total. The number of hydrogen-bond acceptors (Lipinski definition) is 6. The minimum absolute atomic E-state index is 0.284. The minimum atomic E-state index is 0.284. The fraction of sp³-hybridized carbons (Fsp3) is 0.455. The van der Waals surface area contributed by atoms with E-state index in [9.17, 15) is 0 Å². The summed E-state index contributed by atoms with van der Waals surface area (Å²) in [5, 5.41) is 0. The number of fused-ring (bicyclic) bond motifs is 1. The highest BCUT2D eigenvalue weighted by molar-refractivity contribution is 5.73. The molecule has 0 spiro atoms. The van der Waals surface area contributed by atoms with Gasteiger partial charge in [0.25, 0.3) is 0 Å². The molecule has 150 valence electrons. The lowest BCUT2D eigenvalue weighted by atomic mass is 10.0. The van der Waals surface area contributed by atoms with Gasteiger partial charge in [-0.2, -0.15) is 0 Å². The highest BCUT2D eigenvalue weighted by Gasteiger charge is 2.19. The van der Waals surface area contributed by atoms with Gasteiger partial charge in [-0.25, -0.2) is 0 Å². The number of hydrogen-bond donors (Lipinski definition) is 0. The van der Waals surface area contributed by atoms with E-state index in [-0.39, 0.29) is 6.79 Å². The zero-order chi connectivity index (χ0) is 19.3. The molecule has 0 amide bonds. The van der Waals surface area contributed by atoms with Crippen LogP contribution in [0, 0.1) is 0 Å². The van der Waals surface area contributed by atoms with Crippen LogP contribution in [0.2, 0.25) is 0 Å². The summed E-state index contributed by atoms with van der Waals surface area (Å²) in [6.45, 7) is 7.39. The van der Waals surface area contributed by atoms with Crippen molar-refractivity contribution >= 4 is 0 Å². The lowest BCUT2D eigenvalue weighted by molar-refractivity contribution is 0.0938. The number of ether oxygens (including phenoxy) is 4. The largest absolute Gasteiger partial charge is 0.496 e. The van der Waals surface area contributed by atoms with Crippen molar-refractivity contribution < 1.29 is 18.9 Å². The summed E-state index contributed by atoms with van der Waals surface area (Å²) in [7, 11) is 3.47. The van der Waals surface area contributed by atoms with Gasteiger partial charge in [0, 0.05) is 51.9 Å². The predicted octanol–water partition coefficient (Wildman–Crippen LogP) is 2.85. The molecule has 4 rings (SSSR count). The molecule has 0 bridgehead atoms. The van der Waals surface area contributed by atoms with Crippen LogP contribution in [-0.4, -0.2) is 70.1 Å². The van der Waals surface area contributed by atoms with Crippen LogP contribution < -0.4 is 14.2 Å². The van der Waals surface area contributed by atoms with Crippen LogP contribution in [0.5, 0.6) is 17.2 Å². The molecule has 2 aromatic rings. The minimum Gasteiger partial charge on any atom is -0.496 e. The van der Waals surface area contributed by atoms with Gasteiger partial charge in [0.1, 0.15) is 5.75 Å². The Labute approximate surface area is 166 Å². The molecule has 1 saturated heterocycles. The normalized spacial score (nSPS) is 17.1. The second kappa shape index (κ2) is 8.82. The second-order valence-corrected chi connectivity index (χ2v) is 7.21. The quantitative estimate of drug-likeness (QED) is 0.731. The van der Waals surface area contributed by atoms with Crippen molar-refractivity contribution in [3.05, 3.63) is 42.0 Å². The van der Waals surface area contributed by atoms with E-state index in [1.165, 1.54) is 5.56 Å². The lowest BCUT2D eigenvalue weighted by Gasteiger charge is -2.34. The average molecular weight is 384 g/mol. The summed E-state index contributed by atoms with van der Waals surface area (Å²) in [6, 6.07) is 12.5. The fourth-order valence-corrected chi connectivity index (χ4v) is 3.79. The van der Waals surface area contributed by atoms with Crippen molar-refractivity contribution in [3.63, 3.8) is 0 Å². The third-order valence-corrected chi connectivity index (χ3v) is 5.43. The first kappa shape index (κ1) is 19.1. The Balaban J connectivity index is 1.47. The van der Waals surface area contributed by atoms with E-state index in [1.54, 1.807) is 14.2 Å². The SMILES string of the molecule is COCCN1CCN(Cc2ccc(OC)c(-c3ccc4c(c3)OCO4)c2)CC1. The van der Waals surface area contributed by atoms with Gasteiger partial charge in [0.05, 0.1) is 13.7 Å². The monoisotopic (exact) mass is 384 g/mol. The van der Waals surface area contributed by atoms with Crippen molar-refractivity contribution in [2.45, 2.75) is 6.54 Å². The maximum atomic E-state index is 5.61. The zero-order valence-electron chi connectivity index (χ0n) is 16.6. The van der Waals surface area contributed by atoms with Crippen molar-refractivity contribution in [3.8, 4) is 28.4 Å². The number of methoxy groups -OCH3 is 2. The van der Waals surface area contributed by atoms with Gasteiger partial charge in [0.15, 0.2) is 11.5 Å². The topological polar surface area (TPSA) is 43.4 Å². The van der Waals surface area contributed by atoms with Gasteiger partial charge in [-0.1, -0.05) is 12.1 Å². The second-order valence-electron chi connectivity index (χ2n) is 7.21. The van der Waals surface area contributed by atoms with Gasteiger partial charge in [0.2, 0.25) is 6.79 Å². The molecule has 0 saturated carbocycles. The molecular weight excluding hydrogens is 356 g/mol. The molecule has 2 aliphatic heterocycles. The van der Waals surface area contributed by atoms with Crippen LogP contribution in [0.25, 0.3) is 11.1 Å². The molecule has 0 aliphatic carbocycles. The maximum Gasteiger partial charge on any atom is 0.231 e. The van der Waals surface area contributed by atoms with Crippen LogP contribution in [0.1, 0.15) is 5.56 Å². The standard InChI is InChI=1S/C22H28N2O4/c1-25-12-11-23-7-9-24(10-8-23)15-17-3-5-20(26-2)19(13-17)18-4-6-21-22(14-18)28-16-27-21/h3-6,13-14H,7-12,15-16H2,1-2H3. The Morgan fingerprint density at radius 3 is 2.46 bits per heavy atom. The van der Waals surface area contributed by atoms with E-state index in [0.717, 1.165) is 74.3 Å². The molecule has 0 N–H and O–H groups in total. The summed E-state index contributed by atoms with van der Waals surface area (Å²) in [5.41, 5.74) is 3.45. The summed E-state index contributed by atoms with van der Waals surface area (Å²) in [6.07, 6.45) is 0. The number of benzene rings is 2. The third kappa shape index (κ3) is 4.24. The molecule has 0 unspecified atom stereocenters. The van der Waals surface area contributed by atoms with E-state index in [0.29, 0.717) is 0 Å². The maximum absolute atomic E-state index is 5.61. The van der Waals surface area contributed by atoms with Crippen molar-refractivity contribution in [1.82, 2.24) is 9.80 Å². The first-order valence-corrected chi connectivity index (χ1v) is 9.77. The molecular formula is C22H28N2O4. The fourth-order valence-electron chi connectivity index (χ4n) is 3.79. The third-order valence-electron chi connectivity index (χ3n) is 5.43. The Bertz CT molecular complexity index is 803. The molecule has 6 heteroatoms. The number of rotatable bonds is 7. The van der Waals surface area contributed by atoms with E-state index in [2.05, 4.69) is 34.1 Å². The van der Waals surface area contributed by atoms with Crippen molar-refractivity contribution in [2.24, 2.45) is 0 Å². The number of piperazine rings is 1. The van der Waals surface area contributed by atoms with Crippen LogP contribution >= 0.6 is 0 Å². The lowest BCUT2D eigenvalue weighted by Crippen LogP contribution is -2.46. The average Bonchev–Trinajstić information content (AvgIpc) is 3.21. The Morgan fingerprint density at radius 2 is 1.68 bits per heavy atom. The van der Waals surface area contributed by atoms with Gasteiger partial charge < -0.3 is 18.9 Å². The molecule has 1 fully saturated rings. The summed E-state index contributed by atoms with van der Waals surface area (Å²) < 4.78 is 21.8. The molecule has 0 radical (unpaired) electrons. The Kier molecular flexibility index (Phi) is 6.00.